The van der Waals surface area contributed by atoms with Crippen LogP contribution < -0.4 is 0 Å². The predicted molar refractivity (Wildman–Crippen MR) is 48.3 cm³/mol. The summed E-state index contributed by atoms with van der Waals surface area (Å²) in [6.45, 7) is 0.673. The third kappa shape index (κ3) is 2.22. The standard InChI is InChI=1S/C9H13N3O/c1-11(2)7-8(6-10)12-5-3-4-9(12)13/h7H,3-5H2,1-2H3/b8-7+. The van der Waals surface area contributed by atoms with Gasteiger partial charge >= 0.3 is 0 Å². The molecule has 1 aliphatic heterocycles. The van der Waals surface area contributed by atoms with Gasteiger partial charge in [0.1, 0.15) is 11.8 Å². The minimum atomic E-state index is 0.0506. The molecule has 0 aliphatic carbocycles. The number of carbonyl (C=O) groups is 1. The highest BCUT2D eigenvalue weighted by atomic mass is 16.2. The Kier molecular flexibility index (Phi) is 2.91. The van der Waals surface area contributed by atoms with E-state index in [2.05, 4.69) is 0 Å². The third-order valence-electron chi connectivity index (χ3n) is 1.86. The maximum Gasteiger partial charge on any atom is 0.227 e. The molecular formula is C9H13N3O. The van der Waals surface area contributed by atoms with Gasteiger partial charge in [-0.3, -0.25) is 4.79 Å². The fourth-order valence-electron chi connectivity index (χ4n) is 1.31. The highest BCUT2D eigenvalue weighted by Gasteiger charge is 2.23. The van der Waals surface area contributed by atoms with Crippen LogP contribution in [0, 0.1) is 11.3 Å². The van der Waals surface area contributed by atoms with Gasteiger partial charge < -0.3 is 9.80 Å². The highest BCUT2D eigenvalue weighted by molar-refractivity contribution is 5.80. The molecule has 13 heavy (non-hydrogen) atoms. The zero-order valence-corrected chi connectivity index (χ0v) is 7.95. The van der Waals surface area contributed by atoms with E-state index in [1.165, 1.54) is 0 Å². The van der Waals surface area contributed by atoms with E-state index in [9.17, 15) is 4.79 Å². The second kappa shape index (κ2) is 3.94. The van der Waals surface area contributed by atoms with Crippen molar-refractivity contribution in [1.82, 2.24) is 9.80 Å². The summed E-state index contributed by atoms with van der Waals surface area (Å²) < 4.78 is 0. The quantitative estimate of drug-likeness (QED) is 0.581. The molecule has 0 saturated carbocycles. The minimum Gasteiger partial charge on any atom is -0.381 e. The van der Waals surface area contributed by atoms with Gasteiger partial charge in [0.05, 0.1) is 0 Å². The van der Waals surface area contributed by atoms with Crippen molar-refractivity contribution in [1.29, 1.82) is 5.26 Å². The Bertz CT molecular complexity index is 275. The summed E-state index contributed by atoms with van der Waals surface area (Å²) in [7, 11) is 3.66. The van der Waals surface area contributed by atoms with Crippen LogP contribution >= 0.6 is 0 Å². The molecule has 1 saturated heterocycles. The first-order chi connectivity index (χ1) is 6.15. The Morgan fingerprint density at radius 1 is 1.69 bits per heavy atom. The molecule has 1 aliphatic rings. The van der Waals surface area contributed by atoms with E-state index in [0.717, 1.165) is 6.42 Å². The van der Waals surface area contributed by atoms with Gasteiger partial charge in [0.15, 0.2) is 0 Å². The molecule has 1 rings (SSSR count). The van der Waals surface area contributed by atoms with Crippen LogP contribution in [0.25, 0.3) is 0 Å². The molecule has 0 aromatic rings. The maximum atomic E-state index is 11.3. The topological polar surface area (TPSA) is 47.3 Å². The number of nitrogens with zero attached hydrogens (tertiary/aromatic N) is 3. The lowest BCUT2D eigenvalue weighted by molar-refractivity contribution is -0.125. The summed E-state index contributed by atoms with van der Waals surface area (Å²) in [4.78, 5) is 14.6. The first-order valence-electron chi connectivity index (χ1n) is 4.24. The Balaban J connectivity index is 2.79. The smallest absolute Gasteiger partial charge is 0.227 e. The largest absolute Gasteiger partial charge is 0.381 e. The van der Waals surface area contributed by atoms with Crippen LogP contribution in [0.3, 0.4) is 0 Å². The van der Waals surface area contributed by atoms with Crippen molar-refractivity contribution in [2.45, 2.75) is 12.8 Å². The summed E-state index contributed by atoms with van der Waals surface area (Å²) in [5, 5.41) is 8.81. The van der Waals surface area contributed by atoms with Gasteiger partial charge in [0.2, 0.25) is 5.91 Å². The third-order valence-corrected chi connectivity index (χ3v) is 1.86. The monoisotopic (exact) mass is 179 g/mol. The van der Waals surface area contributed by atoms with E-state index in [4.69, 9.17) is 5.26 Å². The molecule has 0 N–H and O–H groups in total. The Hall–Kier alpha value is -1.50. The van der Waals surface area contributed by atoms with E-state index in [0.29, 0.717) is 18.7 Å². The van der Waals surface area contributed by atoms with E-state index >= 15 is 0 Å². The molecule has 0 aromatic carbocycles. The van der Waals surface area contributed by atoms with E-state index in [1.54, 1.807) is 16.0 Å². The van der Waals surface area contributed by atoms with E-state index in [-0.39, 0.29) is 5.91 Å². The Morgan fingerprint density at radius 2 is 2.38 bits per heavy atom. The Labute approximate surface area is 78.0 Å². The number of allylic oxidation sites excluding steroid dienone is 1. The first kappa shape index (κ1) is 9.59. The molecule has 0 bridgehead atoms. The van der Waals surface area contributed by atoms with Gasteiger partial charge in [0.25, 0.3) is 0 Å². The maximum absolute atomic E-state index is 11.3. The molecule has 70 valence electrons. The fraction of sp³-hybridized carbons (Fsp3) is 0.556. The minimum absolute atomic E-state index is 0.0506. The highest BCUT2D eigenvalue weighted by Crippen LogP contribution is 2.15. The number of hydrogen-bond donors (Lipinski definition) is 0. The summed E-state index contributed by atoms with van der Waals surface area (Å²) in [5.41, 5.74) is 0.438. The molecule has 1 fully saturated rings. The van der Waals surface area contributed by atoms with Crippen LogP contribution in [0.4, 0.5) is 0 Å². The Morgan fingerprint density at radius 3 is 2.77 bits per heavy atom. The lowest BCUT2D eigenvalue weighted by Crippen LogP contribution is -2.24. The molecule has 1 amide bonds. The average molecular weight is 179 g/mol. The summed E-state index contributed by atoms with van der Waals surface area (Å²) in [6, 6.07) is 2.03. The van der Waals surface area contributed by atoms with E-state index in [1.807, 2.05) is 20.2 Å². The molecule has 0 radical (unpaired) electrons. The number of nitriles is 1. The van der Waals surface area contributed by atoms with Crippen molar-refractivity contribution in [2.75, 3.05) is 20.6 Å². The van der Waals surface area contributed by atoms with Gasteiger partial charge in [-0.05, 0) is 6.42 Å². The van der Waals surface area contributed by atoms with Crippen LogP contribution in [0.2, 0.25) is 0 Å². The van der Waals surface area contributed by atoms with Crippen molar-refractivity contribution in [2.24, 2.45) is 0 Å². The zero-order valence-electron chi connectivity index (χ0n) is 7.95. The molecule has 1 heterocycles. The zero-order chi connectivity index (χ0) is 9.84. The van der Waals surface area contributed by atoms with Gasteiger partial charge in [0, 0.05) is 33.3 Å². The van der Waals surface area contributed by atoms with Crippen LogP contribution in [-0.2, 0) is 4.79 Å². The van der Waals surface area contributed by atoms with E-state index < -0.39 is 0 Å². The van der Waals surface area contributed by atoms with Gasteiger partial charge in [-0.15, -0.1) is 0 Å². The summed E-state index contributed by atoms with van der Waals surface area (Å²) in [6.07, 6.45) is 3.08. The molecular weight excluding hydrogens is 166 g/mol. The number of carbonyl (C=O) groups excluding carboxylic acids is 1. The average Bonchev–Trinajstić information content (AvgIpc) is 2.47. The van der Waals surface area contributed by atoms with Gasteiger partial charge in [-0.2, -0.15) is 5.26 Å². The SMILES string of the molecule is CN(C)/C=C(\C#N)N1CCCC1=O. The molecule has 0 atom stereocenters. The lowest BCUT2D eigenvalue weighted by Gasteiger charge is -2.15. The summed E-state index contributed by atoms with van der Waals surface area (Å²) >= 11 is 0. The van der Waals surface area contributed by atoms with Crippen molar-refractivity contribution >= 4 is 5.91 Å². The van der Waals surface area contributed by atoms with Crippen molar-refractivity contribution in [3.63, 3.8) is 0 Å². The van der Waals surface area contributed by atoms with Gasteiger partial charge in [-0.25, -0.2) is 0 Å². The van der Waals surface area contributed by atoms with Crippen LogP contribution in [0.5, 0.6) is 0 Å². The van der Waals surface area contributed by atoms with Crippen LogP contribution in [0.15, 0.2) is 11.9 Å². The second-order valence-electron chi connectivity index (χ2n) is 3.24. The molecule has 4 heteroatoms. The van der Waals surface area contributed by atoms with Crippen LogP contribution in [-0.4, -0.2) is 36.3 Å². The number of likely N-dealkylation sites (tertiary alicyclic amines) is 1. The second-order valence-corrected chi connectivity index (χ2v) is 3.24. The molecule has 0 unspecified atom stereocenters. The predicted octanol–water partition coefficient (Wildman–Crippen LogP) is 0.535. The lowest BCUT2D eigenvalue weighted by atomic mass is 10.4. The van der Waals surface area contributed by atoms with Crippen molar-refractivity contribution in [3.05, 3.63) is 11.9 Å². The molecule has 0 aromatic heterocycles. The first-order valence-corrected chi connectivity index (χ1v) is 4.24. The van der Waals surface area contributed by atoms with Crippen molar-refractivity contribution in [3.8, 4) is 6.07 Å². The van der Waals surface area contributed by atoms with Crippen LogP contribution in [0.1, 0.15) is 12.8 Å². The molecule has 0 spiro atoms. The number of rotatable bonds is 2. The fourth-order valence-corrected chi connectivity index (χ4v) is 1.31. The number of amides is 1. The molecule has 4 nitrogen and oxygen atoms in total. The van der Waals surface area contributed by atoms with Crippen molar-refractivity contribution < 1.29 is 4.79 Å². The number of hydrogen-bond acceptors (Lipinski definition) is 3. The van der Waals surface area contributed by atoms with Gasteiger partial charge in [-0.1, -0.05) is 0 Å². The normalized spacial score (nSPS) is 17.5. The summed E-state index contributed by atoms with van der Waals surface area (Å²) in [5.74, 6) is 0.0506.